The predicted molar refractivity (Wildman–Crippen MR) is 73.1 cm³/mol. The van der Waals surface area contributed by atoms with Gasteiger partial charge in [-0.2, -0.15) is 0 Å². The van der Waals surface area contributed by atoms with Crippen molar-refractivity contribution < 1.29 is 35.1 Å². The third-order valence-corrected chi connectivity index (χ3v) is 2.84. The van der Waals surface area contributed by atoms with Crippen LogP contribution in [0.2, 0.25) is 0 Å². The number of carbonyl (C=O) groups excluding carboxylic acids is 1. The largest absolute Gasteiger partial charge is 0.479 e. The van der Waals surface area contributed by atoms with E-state index in [0.29, 0.717) is 0 Å². The molecule has 8 heteroatoms. The molecule has 8 nitrogen and oxygen atoms in total. The number of unbranched alkanes of at least 4 members (excludes halogenated alkanes) is 3. The lowest BCUT2D eigenvalue weighted by atomic mass is 10.0. The van der Waals surface area contributed by atoms with Gasteiger partial charge < -0.3 is 30.8 Å². The highest BCUT2D eigenvalue weighted by molar-refractivity contribution is 5.82. The zero-order valence-electron chi connectivity index (χ0n) is 11.8. The first kappa shape index (κ1) is 19.5. The fraction of sp³-hybridized carbons (Fsp3) is 0.692. The van der Waals surface area contributed by atoms with Crippen LogP contribution in [-0.4, -0.2) is 61.8 Å². The van der Waals surface area contributed by atoms with Gasteiger partial charge in [-0.25, -0.2) is 4.79 Å². The smallest absolute Gasteiger partial charge is 0.335 e. The number of aliphatic carboxylic acids is 1. The van der Waals surface area contributed by atoms with Gasteiger partial charge in [-0.3, -0.25) is 4.79 Å². The molecule has 0 fully saturated rings. The van der Waals surface area contributed by atoms with E-state index in [4.69, 9.17) is 10.2 Å². The summed E-state index contributed by atoms with van der Waals surface area (Å²) < 4.78 is 0. The van der Waals surface area contributed by atoms with Gasteiger partial charge >= 0.3 is 5.97 Å². The van der Waals surface area contributed by atoms with Gasteiger partial charge in [-0.05, 0) is 19.0 Å². The van der Waals surface area contributed by atoms with Crippen molar-refractivity contribution in [2.24, 2.45) is 0 Å². The van der Waals surface area contributed by atoms with Gasteiger partial charge in [0.25, 0.3) is 5.91 Å². The fourth-order valence-electron chi connectivity index (χ4n) is 1.50. The van der Waals surface area contributed by atoms with Crippen molar-refractivity contribution in [3.8, 4) is 0 Å². The lowest BCUT2D eigenvalue weighted by molar-refractivity contribution is -0.166. The van der Waals surface area contributed by atoms with Crippen LogP contribution in [0.4, 0.5) is 0 Å². The molecule has 0 spiro atoms. The number of aliphatic hydroxyl groups excluding tert-OH is 4. The van der Waals surface area contributed by atoms with Gasteiger partial charge in [0.1, 0.15) is 12.2 Å². The van der Waals surface area contributed by atoms with E-state index >= 15 is 0 Å². The number of carboxylic acid groups (broad SMARTS) is 1. The Kier molecular flexibility index (Phi) is 9.55. The van der Waals surface area contributed by atoms with E-state index < -0.39 is 36.3 Å². The van der Waals surface area contributed by atoms with E-state index in [9.17, 15) is 24.9 Å². The SMILES string of the molecule is CCCCC/C=C/NC(=O)[C@@H](O)[C@H](O)[C@@H](O)[C@@H](O)C(=O)O. The normalized spacial score (nSPS) is 17.2. The first-order chi connectivity index (χ1) is 9.82. The van der Waals surface area contributed by atoms with Crippen LogP contribution in [0.15, 0.2) is 12.3 Å². The van der Waals surface area contributed by atoms with Gasteiger partial charge in [-0.1, -0.05) is 25.8 Å². The number of amides is 1. The quantitative estimate of drug-likeness (QED) is 0.276. The Morgan fingerprint density at radius 3 is 2.14 bits per heavy atom. The Morgan fingerprint density at radius 1 is 1.05 bits per heavy atom. The van der Waals surface area contributed by atoms with Crippen LogP contribution < -0.4 is 5.32 Å². The van der Waals surface area contributed by atoms with Gasteiger partial charge in [0.05, 0.1) is 0 Å². The highest BCUT2D eigenvalue weighted by Gasteiger charge is 2.37. The molecule has 0 heterocycles. The molecule has 1 amide bonds. The molecule has 0 rings (SSSR count). The van der Waals surface area contributed by atoms with Gasteiger partial charge in [0.2, 0.25) is 0 Å². The summed E-state index contributed by atoms with van der Waals surface area (Å²) in [7, 11) is 0. The van der Waals surface area contributed by atoms with E-state index in [0.717, 1.165) is 25.7 Å². The summed E-state index contributed by atoms with van der Waals surface area (Å²) in [6, 6.07) is 0. The van der Waals surface area contributed by atoms with Crippen LogP contribution in [0.5, 0.6) is 0 Å². The molecule has 0 aromatic carbocycles. The number of carbonyl (C=O) groups is 2. The molecule has 0 aliphatic heterocycles. The lowest BCUT2D eigenvalue weighted by Gasteiger charge is -2.23. The van der Waals surface area contributed by atoms with Crippen LogP contribution >= 0.6 is 0 Å². The second-order valence-corrected chi connectivity index (χ2v) is 4.62. The zero-order chi connectivity index (χ0) is 16.4. The molecule has 122 valence electrons. The van der Waals surface area contributed by atoms with Crippen LogP contribution in [-0.2, 0) is 9.59 Å². The van der Waals surface area contributed by atoms with Crippen molar-refractivity contribution in [1.29, 1.82) is 0 Å². The van der Waals surface area contributed by atoms with Crippen molar-refractivity contribution in [3.05, 3.63) is 12.3 Å². The first-order valence-electron chi connectivity index (χ1n) is 6.73. The van der Waals surface area contributed by atoms with Crippen LogP contribution in [0.25, 0.3) is 0 Å². The maximum atomic E-state index is 11.5. The highest BCUT2D eigenvalue weighted by atomic mass is 16.4. The summed E-state index contributed by atoms with van der Waals surface area (Å²) in [5.41, 5.74) is 0. The van der Waals surface area contributed by atoms with Crippen molar-refractivity contribution >= 4 is 11.9 Å². The second kappa shape index (κ2) is 10.3. The molecule has 21 heavy (non-hydrogen) atoms. The number of nitrogens with one attached hydrogen (secondary N) is 1. The number of aliphatic hydroxyl groups is 4. The summed E-state index contributed by atoms with van der Waals surface area (Å²) in [6.07, 6.45) is -1.87. The molecule has 0 aliphatic rings. The monoisotopic (exact) mass is 305 g/mol. The summed E-state index contributed by atoms with van der Waals surface area (Å²) in [5, 5.41) is 47.9. The predicted octanol–water partition coefficient (Wildman–Crippen LogP) is -1.28. The number of hydrogen-bond acceptors (Lipinski definition) is 6. The van der Waals surface area contributed by atoms with Crippen molar-refractivity contribution in [2.75, 3.05) is 0 Å². The Morgan fingerprint density at radius 2 is 1.62 bits per heavy atom. The fourth-order valence-corrected chi connectivity index (χ4v) is 1.50. The van der Waals surface area contributed by atoms with Gasteiger partial charge in [0.15, 0.2) is 12.2 Å². The van der Waals surface area contributed by atoms with Crippen molar-refractivity contribution in [2.45, 2.75) is 57.0 Å². The molecule has 6 N–H and O–H groups in total. The minimum Gasteiger partial charge on any atom is -0.479 e. The van der Waals surface area contributed by atoms with Gasteiger partial charge in [-0.15, -0.1) is 0 Å². The molecule has 0 saturated heterocycles. The molecule has 0 aliphatic carbocycles. The van der Waals surface area contributed by atoms with Crippen LogP contribution in [0, 0.1) is 0 Å². The Bertz CT molecular complexity index is 358. The maximum absolute atomic E-state index is 11.5. The van der Waals surface area contributed by atoms with E-state index in [1.807, 2.05) is 0 Å². The molecule has 0 radical (unpaired) electrons. The third-order valence-electron chi connectivity index (χ3n) is 2.84. The average Bonchev–Trinajstić information content (AvgIpc) is 2.47. The van der Waals surface area contributed by atoms with Crippen molar-refractivity contribution in [1.82, 2.24) is 5.32 Å². The molecular formula is C13H23NO7. The van der Waals surface area contributed by atoms with Gasteiger partial charge in [0, 0.05) is 0 Å². The number of hydrogen-bond donors (Lipinski definition) is 6. The molecule has 0 aromatic heterocycles. The highest BCUT2D eigenvalue weighted by Crippen LogP contribution is 2.06. The number of allylic oxidation sites excluding steroid dienone is 1. The minimum absolute atomic E-state index is 0.743. The summed E-state index contributed by atoms with van der Waals surface area (Å²) in [4.78, 5) is 21.9. The molecule has 0 unspecified atom stereocenters. The molecule has 0 saturated carbocycles. The average molecular weight is 305 g/mol. The number of carboxylic acids is 1. The summed E-state index contributed by atoms with van der Waals surface area (Å²) >= 11 is 0. The lowest BCUT2D eigenvalue weighted by Crippen LogP contribution is -2.52. The van der Waals surface area contributed by atoms with Crippen LogP contribution in [0.1, 0.15) is 32.6 Å². The van der Waals surface area contributed by atoms with Crippen molar-refractivity contribution in [3.63, 3.8) is 0 Å². The van der Waals surface area contributed by atoms with E-state index in [2.05, 4.69) is 12.2 Å². The Hall–Kier alpha value is -1.48. The summed E-state index contributed by atoms with van der Waals surface area (Å²) in [6.45, 7) is 2.06. The standard InChI is InChI=1S/C13H23NO7/c1-2-3-4-5-6-7-14-12(19)10(17)8(15)9(16)11(18)13(20)21/h6-11,15-18H,2-5H2,1H3,(H,14,19)(H,20,21)/b7-6+/t8-,9-,10+,11-/m1/s1. The zero-order valence-corrected chi connectivity index (χ0v) is 11.8. The molecule has 0 bridgehead atoms. The molecule has 4 atom stereocenters. The minimum atomic E-state index is -2.30. The molecule has 0 aromatic rings. The summed E-state index contributed by atoms with van der Waals surface area (Å²) in [5.74, 6) is -2.78. The number of rotatable bonds is 10. The van der Waals surface area contributed by atoms with E-state index in [1.165, 1.54) is 6.20 Å². The molecular weight excluding hydrogens is 282 g/mol. The Labute approximate surface area is 122 Å². The van der Waals surface area contributed by atoms with E-state index in [1.54, 1.807) is 6.08 Å². The maximum Gasteiger partial charge on any atom is 0.335 e. The van der Waals surface area contributed by atoms with Crippen LogP contribution in [0.3, 0.4) is 0 Å². The third kappa shape index (κ3) is 7.19. The second-order valence-electron chi connectivity index (χ2n) is 4.62. The first-order valence-corrected chi connectivity index (χ1v) is 6.73. The van der Waals surface area contributed by atoms with E-state index in [-0.39, 0.29) is 0 Å². The Balaban J connectivity index is 4.27. The topological polar surface area (TPSA) is 147 Å².